The molecule has 2 heteroatoms. The summed E-state index contributed by atoms with van der Waals surface area (Å²) in [5.41, 5.74) is 0. The molecular weight excluding hydrogens is 196 g/mol. The highest BCUT2D eigenvalue weighted by molar-refractivity contribution is 9.10. The lowest BCUT2D eigenvalue weighted by Crippen LogP contribution is -1.46. The second kappa shape index (κ2) is 5.00. The van der Waals surface area contributed by atoms with Gasteiger partial charge in [-0.15, -0.1) is 11.3 Å². The Morgan fingerprint density at radius 2 is 2.00 bits per heavy atom. The number of rotatable bonds is 0. The van der Waals surface area contributed by atoms with Gasteiger partial charge in [0.25, 0.3) is 0 Å². The topological polar surface area (TPSA) is 0 Å². The van der Waals surface area contributed by atoms with Crippen molar-refractivity contribution in [2.75, 3.05) is 0 Å². The highest BCUT2D eigenvalue weighted by Crippen LogP contribution is 2.17. The van der Waals surface area contributed by atoms with Gasteiger partial charge in [-0.1, -0.05) is 13.8 Å². The van der Waals surface area contributed by atoms with Crippen molar-refractivity contribution in [3.63, 3.8) is 0 Å². The normalized spacial score (nSPS) is 8.00. The molecule has 9 heavy (non-hydrogen) atoms. The summed E-state index contributed by atoms with van der Waals surface area (Å²) in [5, 5.41) is 2.08. The van der Waals surface area contributed by atoms with Crippen molar-refractivity contribution in [2.45, 2.75) is 20.8 Å². The predicted octanol–water partition coefficient (Wildman–Crippen LogP) is 3.85. The molecule has 0 spiro atoms. The summed E-state index contributed by atoms with van der Waals surface area (Å²) in [6.07, 6.45) is 0. The molecular formula is C7H11BrS. The largest absolute Gasteiger partial charge is 0.148 e. The molecule has 0 aliphatic rings. The monoisotopic (exact) mass is 206 g/mol. The Morgan fingerprint density at radius 1 is 1.44 bits per heavy atom. The molecule has 0 amide bonds. The van der Waals surface area contributed by atoms with Crippen LogP contribution in [0.25, 0.3) is 0 Å². The van der Waals surface area contributed by atoms with Crippen LogP contribution in [-0.2, 0) is 0 Å². The van der Waals surface area contributed by atoms with Crippen LogP contribution < -0.4 is 0 Å². The van der Waals surface area contributed by atoms with Crippen LogP contribution in [0.1, 0.15) is 18.7 Å². The van der Waals surface area contributed by atoms with Gasteiger partial charge in [0.2, 0.25) is 0 Å². The van der Waals surface area contributed by atoms with Gasteiger partial charge >= 0.3 is 0 Å². The first-order valence-electron chi connectivity index (χ1n) is 2.99. The summed E-state index contributed by atoms with van der Waals surface area (Å²) in [6, 6.07) is 2.10. The molecule has 52 valence electrons. The zero-order valence-corrected chi connectivity index (χ0v) is 8.34. The minimum Gasteiger partial charge on any atom is -0.148 e. The maximum absolute atomic E-state index is 3.34. The Labute approximate surface area is 69.0 Å². The number of halogens is 1. The van der Waals surface area contributed by atoms with Crippen molar-refractivity contribution < 1.29 is 0 Å². The Morgan fingerprint density at radius 3 is 2.11 bits per heavy atom. The van der Waals surface area contributed by atoms with Gasteiger partial charge in [-0.3, -0.25) is 0 Å². The van der Waals surface area contributed by atoms with Crippen molar-refractivity contribution in [1.29, 1.82) is 0 Å². The third kappa shape index (κ3) is 3.71. The lowest BCUT2D eigenvalue weighted by molar-refractivity contribution is 1.50. The first kappa shape index (κ1) is 9.18. The fourth-order valence-electron chi connectivity index (χ4n) is 0.411. The fraction of sp³-hybridized carbons (Fsp3) is 0.429. The van der Waals surface area contributed by atoms with Crippen LogP contribution in [0.3, 0.4) is 0 Å². The summed E-state index contributed by atoms with van der Waals surface area (Å²) in [6.45, 7) is 6.09. The zero-order valence-electron chi connectivity index (χ0n) is 5.94. The average molecular weight is 207 g/mol. The van der Waals surface area contributed by atoms with Crippen LogP contribution in [0, 0.1) is 6.92 Å². The van der Waals surface area contributed by atoms with E-state index in [1.165, 1.54) is 9.35 Å². The molecule has 0 aliphatic heterocycles. The fourth-order valence-corrected chi connectivity index (χ4v) is 1.75. The number of thiophene rings is 1. The Balaban J connectivity index is 0.000000291. The molecule has 0 saturated carbocycles. The first-order valence-corrected chi connectivity index (χ1v) is 4.67. The Hall–Kier alpha value is 0.180. The van der Waals surface area contributed by atoms with Crippen LogP contribution in [0.5, 0.6) is 0 Å². The Bertz CT molecular complexity index is 141. The van der Waals surface area contributed by atoms with E-state index in [4.69, 9.17) is 0 Å². The lowest BCUT2D eigenvalue weighted by Gasteiger charge is -1.68. The molecule has 1 aromatic heterocycles. The number of hydrogen-bond donors (Lipinski definition) is 0. The van der Waals surface area contributed by atoms with Crippen LogP contribution in [0.15, 0.2) is 15.9 Å². The molecule has 0 nitrogen and oxygen atoms in total. The summed E-state index contributed by atoms with van der Waals surface area (Å²) in [5.74, 6) is 0. The van der Waals surface area contributed by atoms with E-state index in [9.17, 15) is 0 Å². The molecule has 0 aliphatic carbocycles. The number of aryl methyl sites for hydroxylation is 1. The summed E-state index contributed by atoms with van der Waals surface area (Å²) in [4.78, 5) is 1.35. The van der Waals surface area contributed by atoms with Crippen molar-refractivity contribution in [3.8, 4) is 0 Å². The molecule has 0 unspecified atom stereocenters. The third-order valence-electron chi connectivity index (χ3n) is 0.699. The van der Waals surface area contributed by atoms with Crippen molar-refractivity contribution in [1.82, 2.24) is 0 Å². The van der Waals surface area contributed by atoms with E-state index in [1.807, 2.05) is 13.8 Å². The molecule has 1 rings (SSSR count). The minimum atomic E-state index is 1.19. The second-order valence-electron chi connectivity index (χ2n) is 1.38. The maximum Gasteiger partial charge on any atom is 0.0285 e. The van der Waals surface area contributed by atoms with E-state index in [0.29, 0.717) is 0 Å². The molecule has 0 N–H and O–H groups in total. The van der Waals surface area contributed by atoms with Crippen LogP contribution >= 0.6 is 27.3 Å². The van der Waals surface area contributed by atoms with Crippen LogP contribution in [0.4, 0.5) is 0 Å². The Kier molecular flexibility index (Phi) is 5.10. The maximum atomic E-state index is 3.34. The highest BCUT2D eigenvalue weighted by Gasteiger charge is 1.86. The van der Waals surface area contributed by atoms with Gasteiger partial charge in [0.05, 0.1) is 0 Å². The standard InChI is InChI=1S/C5H5BrS.C2H6/c1-4-2-5(6)3-7-4;1-2/h2-3H,1H3;1-2H3. The van der Waals surface area contributed by atoms with Crippen LogP contribution in [0.2, 0.25) is 0 Å². The third-order valence-corrected chi connectivity index (χ3v) is 2.32. The average Bonchev–Trinajstić information content (AvgIpc) is 2.20. The lowest BCUT2D eigenvalue weighted by atomic mass is 10.5. The van der Waals surface area contributed by atoms with E-state index >= 15 is 0 Å². The smallest absolute Gasteiger partial charge is 0.0285 e. The highest BCUT2D eigenvalue weighted by atomic mass is 79.9. The molecule has 0 atom stereocenters. The molecule has 0 radical (unpaired) electrons. The van der Waals surface area contributed by atoms with E-state index in [2.05, 4.69) is 34.3 Å². The van der Waals surface area contributed by atoms with Gasteiger partial charge in [0, 0.05) is 14.7 Å². The van der Waals surface area contributed by atoms with E-state index < -0.39 is 0 Å². The molecule has 0 fully saturated rings. The first-order chi connectivity index (χ1) is 4.29. The van der Waals surface area contributed by atoms with Gasteiger partial charge in [-0.05, 0) is 28.9 Å². The minimum absolute atomic E-state index is 1.19. The summed E-state index contributed by atoms with van der Waals surface area (Å²) in [7, 11) is 0. The van der Waals surface area contributed by atoms with E-state index in [-0.39, 0.29) is 0 Å². The summed E-state index contributed by atoms with van der Waals surface area (Å²) < 4.78 is 1.19. The molecule has 0 aromatic carbocycles. The van der Waals surface area contributed by atoms with Gasteiger partial charge in [0.1, 0.15) is 0 Å². The quantitative estimate of drug-likeness (QED) is 0.606. The summed E-state index contributed by atoms with van der Waals surface area (Å²) >= 11 is 5.10. The second-order valence-corrected chi connectivity index (χ2v) is 3.41. The van der Waals surface area contributed by atoms with E-state index in [1.54, 1.807) is 11.3 Å². The van der Waals surface area contributed by atoms with Crippen molar-refractivity contribution >= 4 is 27.3 Å². The number of hydrogen-bond acceptors (Lipinski definition) is 1. The zero-order chi connectivity index (χ0) is 7.28. The molecule has 1 heterocycles. The van der Waals surface area contributed by atoms with Gasteiger partial charge in [-0.2, -0.15) is 0 Å². The SMILES string of the molecule is CC.Cc1cc(Br)cs1. The predicted molar refractivity (Wildman–Crippen MR) is 48.1 cm³/mol. The molecule has 0 bridgehead atoms. The van der Waals surface area contributed by atoms with Gasteiger partial charge in [-0.25, -0.2) is 0 Å². The van der Waals surface area contributed by atoms with Gasteiger partial charge in [0.15, 0.2) is 0 Å². The molecule has 0 saturated heterocycles. The van der Waals surface area contributed by atoms with Gasteiger partial charge < -0.3 is 0 Å². The van der Waals surface area contributed by atoms with Crippen molar-refractivity contribution in [2.24, 2.45) is 0 Å². The van der Waals surface area contributed by atoms with E-state index in [0.717, 1.165) is 0 Å². The molecule has 1 aromatic rings. The van der Waals surface area contributed by atoms with Crippen LogP contribution in [-0.4, -0.2) is 0 Å². The van der Waals surface area contributed by atoms with Crippen molar-refractivity contribution in [3.05, 3.63) is 20.8 Å².